The molecule has 1 aromatic rings. The molecule has 0 radical (unpaired) electrons. The number of benzene rings is 1. The van der Waals surface area contributed by atoms with Crippen molar-refractivity contribution in [3.05, 3.63) is 23.8 Å². The van der Waals surface area contributed by atoms with E-state index < -0.39 is 16.1 Å². The molecule has 1 unspecified atom stereocenters. The number of hydrogen-bond donors (Lipinski definition) is 1. The average molecular weight is 491 g/mol. The summed E-state index contributed by atoms with van der Waals surface area (Å²) >= 11 is 0. The molecule has 1 aliphatic carbocycles. The Morgan fingerprint density at radius 2 is 1.68 bits per heavy atom. The fraction of sp³-hybridized carbons (Fsp3) is 0.680. The molecule has 4 rings (SSSR count). The molecule has 188 valence electrons. The summed E-state index contributed by atoms with van der Waals surface area (Å²) in [5.74, 6) is -0.381. The maximum atomic E-state index is 13.4. The molecule has 0 spiro atoms. The molecule has 0 aromatic heterocycles. The molecule has 3 aliphatic rings. The highest BCUT2D eigenvalue weighted by atomic mass is 32.2. The molecule has 1 aromatic carbocycles. The molecule has 1 saturated carbocycles. The van der Waals surface area contributed by atoms with Gasteiger partial charge in [-0.1, -0.05) is 33.1 Å². The van der Waals surface area contributed by atoms with Crippen molar-refractivity contribution in [2.24, 2.45) is 5.92 Å². The molecule has 34 heavy (non-hydrogen) atoms. The van der Waals surface area contributed by atoms with E-state index in [1.807, 2.05) is 18.7 Å². The van der Waals surface area contributed by atoms with E-state index in [1.54, 1.807) is 17.0 Å². The number of carbonyl (C=O) groups excluding carboxylic acids is 2. The zero-order chi connectivity index (χ0) is 24.5. The minimum atomic E-state index is -3.89. The monoisotopic (exact) mass is 490 g/mol. The van der Waals surface area contributed by atoms with Crippen molar-refractivity contribution in [2.75, 3.05) is 37.6 Å². The lowest BCUT2D eigenvalue weighted by molar-refractivity contribution is -0.136. The lowest BCUT2D eigenvalue weighted by atomic mass is 9.93. The van der Waals surface area contributed by atoms with Crippen molar-refractivity contribution in [3.63, 3.8) is 0 Å². The van der Waals surface area contributed by atoms with Crippen LogP contribution in [0.3, 0.4) is 0 Å². The Hall–Kier alpha value is -1.97. The van der Waals surface area contributed by atoms with E-state index in [-0.39, 0.29) is 22.6 Å². The molecule has 2 amide bonds. The summed E-state index contributed by atoms with van der Waals surface area (Å²) in [5, 5.41) is 0. The van der Waals surface area contributed by atoms with Gasteiger partial charge in [0.15, 0.2) is 0 Å². The summed E-state index contributed by atoms with van der Waals surface area (Å²) in [6, 6.07) is 4.66. The van der Waals surface area contributed by atoms with E-state index in [4.69, 9.17) is 0 Å². The Kier molecular flexibility index (Phi) is 7.64. The zero-order valence-electron chi connectivity index (χ0n) is 20.6. The minimum absolute atomic E-state index is 0.0541. The average Bonchev–Trinajstić information content (AvgIpc) is 3.26. The predicted octanol–water partition coefficient (Wildman–Crippen LogP) is 2.38. The standard InChI is InChI=1S/C25H38N4O4S/c1-18(2)24(25(31)28-15-13-27(14-16-28)21-7-5-4-6-8-21)26-34(32,33)22-9-10-23-20(17-22)11-12-29(23)19(3)30/h9-10,17-18,21,24,26H,4-8,11-16H2,1-3H3. The van der Waals surface area contributed by atoms with Gasteiger partial charge in [-0.05, 0) is 48.9 Å². The van der Waals surface area contributed by atoms with Crippen LogP contribution in [0.4, 0.5) is 5.69 Å². The Balaban J connectivity index is 1.42. The lowest BCUT2D eigenvalue weighted by Gasteiger charge is -2.41. The van der Waals surface area contributed by atoms with Crippen LogP contribution in [0, 0.1) is 5.92 Å². The molecule has 1 N–H and O–H groups in total. The second-order valence-electron chi connectivity index (χ2n) is 10.2. The second kappa shape index (κ2) is 10.3. The molecule has 2 aliphatic heterocycles. The first-order valence-corrected chi connectivity index (χ1v) is 14.1. The van der Waals surface area contributed by atoms with Crippen LogP contribution in [0.5, 0.6) is 0 Å². The number of carbonyl (C=O) groups is 2. The minimum Gasteiger partial charge on any atom is -0.339 e. The van der Waals surface area contributed by atoms with Gasteiger partial charge in [0.2, 0.25) is 21.8 Å². The van der Waals surface area contributed by atoms with Crippen molar-refractivity contribution >= 4 is 27.5 Å². The molecule has 1 atom stereocenters. The highest BCUT2D eigenvalue weighted by molar-refractivity contribution is 7.89. The van der Waals surface area contributed by atoms with Crippen molar-refractivity contribution in [3.8, 4) is 0 Å². The van der Waals surface area contributed by atoms with Crippen molar-refractivity contribution in [2.45, 2.75) is 76.3 Å². The highest BCUT2D eigenvalue weighted by Gasteiger charge is 2.35. The highest BCUT2D eigenvalue weighted by Crippen LogP contribution is 2.30. The van der Waals surface area contributed by atoms with E-state index in [0.717, 1.165) is 24.3 Å². The van der Waals surface area contributed by atoms with E-state index >= 15 is 0 Å². The van der Waals surface area contributed by atoms with Crippen LogP contribution < -0.4 is 9.62 Å². The third-order valence-electron chi connectivity index (χ3n) is 7.57. The summed E-state index contributed by atoms with van der Waals surface area (Å²) in [6.07, 6.45) is 7.01. The van der Waals surface area contributed by atoms with Gasteiger partial charge in [0.1, 0.15) is 6.04 Å². The van der Waals surface area contributed by atoms with Gasteiger partial charge in [-0.25, -0.2) is 8.42 Å². The van der Waals surface area contributed by atoms with Crippen molar-refractivity contribution in [1.29, 1.82) is 0 Å². The maximum absolute atomic E-state index is 13.4. The van der Waals surface area contributed by atoms with Gasteiger partial charge in [0, 0.05) is 51.4 Å². The van der Waals surface area contributed by atoms with Gasteiger partial charge in [-0.3, -0.25) is 14.5 Å². The van der Waals surface area contributed by atoms with Gasteiger partial charge in [0.05, 0.1) is 4.90 Å². The molecule has 2 fully saturated rings. The first-order valence-electron chi connectivity index (χ1n) is 12.6. The van der Waals surface area contributed by atoms with Crippen LogP contribution in [0.2, 0.25) is 0 Å². The first kappa shape index (κ1) is 25.1. The van der Waals surface area contributed by atoms with Crippen LogP contribution in [-0.2, 0) is 26.0 Å². The molecule has 1 saturated heterocycles. The Morgan fingerprint density at radius 1 is 1.00 bits per heavy atom. The number of anilines is 1. The van der Waals surface area contributed by atoms with E-state index in [0.29, 0.717) is 32.1 Å². The van der Waals surface area contributed by atoms with Crippen LogP contribution >= 0.6 is 0 Å². The van der Waals surface area contributed by atoms with Gasteiger partial charge in [-0.15, -0.1) is 0 Å². The second-order valence-corrected chi connectivity index (χ2v) is 11.9. The number of nitrogens with one attached hydrogen (secondary N) is 1. The van der Waals surface area contributed by atoms with Gasteiger partial charge in [-0.2, -0.15) is 4.72 Å². The molecule has 9 heteroatoms. The number of rotatable bonds is 6. The quantitative estimate of drug-likeness (QED) is 0.661. The number of nitrogens with zero attached hydrogens (tertiary/aromatic N) is 3. The van der Waals surface area contributed by atoms with Gasteiger partial charge >= 0.3 is 0 Å². The zero-order valence-corrected chi connectivity index (χ0v) is 21.4. The van der Waals surface area contributed by atoms with Gasteiger partial charge in [0.25, 0.3) is 0 Å². The molecule has 2 heterocycles. The lowest BCUT2D eigenvalue weighted by Crippen LogP contribution is -2.57. The predicted molar refractivity (Wildman–Crippen MR) is 132 cm³/mol. The SMILES string of the molecule is CC(=O)N1CCc2cc(S(=O)(=O)NC(C(=O)N3CCN(C4CCCCC4)CC3)C(C)C)ccc21. The van der Waals surface area contributed by atoms with Crippen molar-refractivity contribution < 1.29 is 18.0 Å². The maximum Gasteiger partial charge on any atom is 0.241 e. The third-order valence-corrected chi connectivity index (χ3v) is 9.01. The number of sulfonamides is 1. The van der Waals surface area contributed by atoms with Crippen LogP contribution in [-0.4, -0.2) is 74.8 Å². The summed E-state index contributed by atoms with van der Waals surface area (Å²) in [7, 11) is -3.89. The topological polar surface area (TPSA) is 90.0 Å². The summed E-state index contributed by atoms with van der Waals surface area (Å²) in [4.78, 5) is 31.3. The number of fused-ring (bicyclic) bond motifs is 1. The number of hydrogen-bond acceptors (Lipinski definition) is 5. The largest absolute Gasteiger partial charge is 0.339 e. The fourth-order valence-electron chi connectivity index (χ4n) is 5.53. The molecule has 8 nitrogen and oxygen atoms in total. The third kappa shape index (κ3) is 5.31. The fourth-order valence-corrected chi connectivity index (χ4v) is 6.92. The van der Waals surface area contributed by atoms with E-state index in [2.05, 4.69) is 9.62 Å². The van der Waals surface area contributed by atoms with Crippen LogP contribution in [0.25, 0.3) is 0 Å². The number of piperazine rings is 1. The molecular formula is C25H38N4O4S. The Bertz CT molecular complexity index is 1010. The smallest absolute Gasteiger partial charge is 0.241 e. The summed E-state index contributed by atoms with van der Waals surface area (Å²) < 4.78 is 29.2. The van der Waals surface area contributed by atoms with E-state index in [1.165, 1.54) is 45.1 Å². The Labute approximate surface area is 203 Å². The Morgan fingerprint density at radius 3 is 2.29 bits per heavy atom. The van der Waals surface area contributed by atoms with Crippen LogP contribution in [0.1, 0.15) is 58.4 Å². The number of amides is 2. The summed E-state index contributed by atoms with van der Waals surface area (Å²) in [5.41, 5.74) is 1.60. The molecule has 0 bridgehead atoms. The van der Waals surface area contributed by atoms with Crippen molar-refractivity contribution in [1.82, 2.24) is 14.5 Å². The van der Waals surface area contributed by atoms with Gasteiger partial charge < -0.3 is 9.80 Å². The van der Waals surface area contributed by atoms with E-state index in [9.17, 15) is 18.0 Å². The van der Waals surface area contributed by atoms with Crippen LogP contribution in [0.15, 0.2) is 23.1 Å². The normalized spacial score (nSPS) is 21.1. The summed E-state index contributed by atoms with van der Waals surface area (Å²) in [6.45, 7) is 8.79. The first-order chi connectivity index (χ1) is 16.2. The molecular weight excluding hydrogens is 452 g/mol.